The quantitative estimate of drug-likeness (QED) is 0.695. The van der Waals surface area contributed by atoms with Gasteiger partial charge in [-0.15, -0.1) is 0 Å². The van der Waals surface area contributed by atoms with Crippen LogP contribution in [0.3, 0.4) is 0 Å². The first kappa shape index (κ1) is 18.6. The Morgan fingerprint density at radius 1 is 1.14 bits per heavy atom. The molecule has 0 amide bonds. The van der Waals surface area contributed by atoms with E-state index in [-0.39, 0.29) is 24.0 Å². The van der Waals surface area contributed by atoms with Crippen LogP contribution in [0.1, 0.15) is 41.1 Å². The highest BCUT2D eigenvalue weighted by atomic mass is 19.1. The van der Waals surface area contributed by atoms with Crippen LogP contribution in [-0.2, 0) is 0 Å². The fourth-order valence-electron chi connectivity index (χ4n) is 3.64. The highest BCUT2D eigenvalue weighted by Gasteiger charge is 2.29. The summed E-state index contributed by atoms with van der Waals surface area (Å²) in [5, 5.41) is 10.0. The molecule has 5 heteroatoms. The molecule has 3 aromatic rings. The number of aliphatic hydroxyl groups excluding tert-OH is 1. The first-order chi connectivity index (χ1) is 13.5. The highest BCUT2D eigenvalue weighted by molar-refractivity contribution is 5.71. The van der Waals surface area contributed by atoms with Crippen molar-refractivity contribution in [1.82, 2.24) is 4.98 Å². The summed E-state index contributed by atoms with van der Waals surface area (Å²) < 4.78 is 34.2. The van der Waals surface area contributed by atoms with Gasteiger partial charge in [0.15, 0.2) is 0 Å². The van der Waals surface area contributed by atoms with Crippen molar-refractivity contribution < 1.29 is 18.6 Å². The Morgan fingerprint density at radius 3 is 2.61 bits per heavy atom. The van der Waals surface area contributed by atoms with Crippen LogP contribution < -0.4 is 4.74 Å². The molecular weight excluding hydrogens is 360 g/mol. The van der Waals surface area contributed by atoms with E-state index in [1.165, 1.54) is 6.07 Å². The zero-order chi connectivity index (χ0) is 19.8. The van der Waals surface area contributed by atoms with Gasteiger partial charge in [0.1, 0.15) is 23.1 Å². The molecule has 2 atom stereocenters. The Kier molecular flexibility index (Phi) is 4.85. The van der Waals surface area contributed by atoms with Crippen LogP contribution in [0.4, 0.5) is 8.78 Å². The van der Waals surface area contributed by atoms with Crippen LogP contribution in [0.25, 0.3) is 11.3 Å². The summed E-state index contributed by atoms with van der Waals surface area (Å²) in [5.74, 6) is -0.969. The second-order valence-electron chi connectivity index (χ2n) is 7.25. The van der Waals surface area contributed by atoms with Gasteiger partial charge in [-0.25, -0.2) is 13.8 Å². The van der Waals surface area contributed by atoms with Gasteiger partial charge in [-0.3, -0.25) is 0 Å². The topological polar surface area (TPSA) is 42.4 Å². The van der Waals surface area contributed by atoms with Crippen molar-refractivity contribution in [2.75, 3.05) is 13.2 Å². The zero-order valence-corrected chi connectivity index (χ0v) is 15.7. The number of pyridine rings is 1. The van der Waals surface area contributed by atoms with E-state index in [9.17, 15) is 13.9 Å². The molecule has 3 nitrogen and oxygen atoms in total. The minimum absolute atomic E-state index is 0.121. The number of benzene rings is 2. The lowest BCUT2D eigenvalue weighted by Gasteiger charge is -2.18. The second-order valence-corrected chi connectivity index (χ2v) is 7.25. The summed E-state index contributed by atoms with van der Waals surface area (Å²) in [5.41, 5.74) is 3.38. The molecule has 0 radical (unpaired) electrons. The SMILES string of the molecule is Cc1cc(-c2nc(C(CO)c3ccccc3)cc3c2OCC3C)c(F)cc1F. The van der Waals surface area contributed by atoms with E-state index >= 15 is 0 Å². The maximum atomic E-state index is 14.6. The smallest absolute Gasteiger partial charge is 0.149 e. The molecule has 1 aliphatic heterocycles. The maximum Gasteiger partial charge on any atom is 0.149 e. The van der Waals surface area contributed by atoms with Crippen molar-refractivity contribution in [2.45, 2.75) is 25.7 Å². The summed E-state index contributed by atoms with van der Waals surface area (Å²) in [6.07, 6.45) is 0. The van der Waals surface area contributed by atoms with Crippen LogP contribution in [0.15, 0.2) is 48.5 Å². The van der Waals surface area contributed by atoms with Crippen molar-refractivity contribution in [1.29, 1.82) is 0 Å². The third-order valence-corrected chi connectivity index (χ3v) is 5.28. The van der Waals surface area contributed by atoms with Gasteiger partial charge in [0.25, 0.3) is 0 Å². The third kappa shape index (κ3) is 3.16. The summed E-state index contributed by atoms with van der Waals surface area (Å²) in [7, 11) is 0. The molecule has 0 saturated carbocycles. The molecular formula is C23H21F2NO2. The molecule has 1 N–H and O–H groups in total. The highest BCUT2D eigenvalue weighted by Crippen LogP contribution is 2.43. The number of aryl methyl sites for hydroxylation is 1. The van der Waals surface area contributed by atoms with Gasteiger partial charge in [-0.1, -0.05) is 37.3 Å². The van der Waals surface area contributed by atoms with E-state index in [0.717, 1.165) is 17.2 Å². The number of rotatable bonds is 4. The van der Waals surface area contributed by atoms with Gasteiger partial charge in [0.2, 0.25) is 0 Å². The Bertz CT molecular complexity index is 1020. The average Bonchev–Trinajstić information content (AvgIpc) is 3.07. The number of fused-ring (bicyclic) bond motifs is 1. The summed E-state index contributed by atoms with van der Waals surface area (Å²) >= 11 is 0. The van der Waals surface area contributed by atoms with Crippen molar-refractivity contribution in [3.05, 3.63) is 82.5 Å². The van der Waals surface area contributed by atoms with E-state index < -0.39 is 11.6 Å². The summed E-state index contributed by atoms with van der Waals surface area (Å²) in [4.78, 5) is 4.68. The molecule has 144 valence electrons. The largest absolute Gasteiger partial charge is 0.490 e. The summed E-state index contributed by atoms with van der Waals surface area (Å²) in [6, 6.07) is 13.8. The van der Waals surface area contributed by atoms with E-state index in [1.54, 1.807) is 6.92 Å². The lowest BCUT2D eigenvalue weighted by atomic mass is 9.92. The molecule has 2 heterocycles. The van der Waals surface area contributed by atoms with E-state index in [0.29, 0.717) is 29.3 Å². The Balaban J connectivity index is 1.93. The van der Waals surface area contributed by atoms with Gasteiger partial charge in [0.05, 0.1) is 18.9 Å². The maximum absolute atomic E-state index is 14.6. The fourth-order valence-corrected chi connectivity index (χ4v) is 3.64. The Hall–Kier alpha value is -2.79. The molecule has 0 spiro atoms. The van der Waals surface area contributed by atoms with Crippen molar-refractivity contribution in [2.24, 2.45) is 0 Å². The molecule has 0 aliphatic carbocycles. The van der Waals surface area contributed by atoms with Crippen LogP contribution >= 0.6 is 0 Å². The minimum atomic E-state index is -0.682. The van der Waals surface area contributed by atoms with Gasteiger partial charge in [-0.2, -0.15) is 0 Å². The molecule has 2 aromatic carbocycles. The van der Waals surface area contributed by atoms with Crippen molar-refractivity contribution in [3.63, 3.8) is 0 Å². The van der Waals surface area contributed by atoms with Crippen molar-refractivity contribution in [3.8, 4) is 17.0 Å². The molecule has 2 unspecified atom stereocenters. The normalized spacial score (nSPS) is 16.5. The predicted octanol–water partition coefficient (Wildman–Crippen LogP) is 4.96. The monoisotopic (exact) mass is 381 g/mol. The standard InChI is InChI=1S/C23H21F2NO2/c1-13-8-17(20(25)10-19(13)24)22-23-16(14(2)12-28-23)9-21(26-22)18(11-27)15-6-4-3-5-7-15/h3-10,14,18,27H,11-12H2,1-2H3. The molecule has 0 fully saturated rings. The number of halogens is 2. The van der Waals surface area contributed by atoms with Gasteiger partial charge < -0.3 is 9.84 Å². The molecule has 0 saturated heterocycles. The number of aliphatic hydroxyl groups is 1. The van der Waals surface area contributed by atoms with Gasteiger partial charge in [-0.05, 0) is 30.2 Å². The van der Waals surface area contributed by atoms with E-state index in [1.807, 2.05) is 43.3 Å². The third-order valence-electron chi connectivity index (χ3n) is 5.28. The molecule has 28 heavy (non-hydrogen) atoms. The fraction of sp³-hybridized carbons (Fsp3) is 0.261. The van der Waals surface area contributed by atoms with Crippen LogP contribution in [0.2, 0.25) is 0 Å². The van der Waals surface area contributed by atoms with E-state index in [4.69, 9.17) is 4.74 Å². The molecule has 4 rings (SSSR count). The lowest BCUT2D eigenvalue weighted by Crippen LogP contribution is -2.10. The second kappa shape index (κ2) is 7.32. The molecule has 1 aromatic heterocycles. The van der Waals surface area contributed by atoms with Gasteiger partial charge in [0, 0.05) is 29.0 Å². The number of aromatic nitrogens is 1. The number of nitrogens with zero attached hydrogens (tertiary/aromatic N) is 1. The number of ether oxygens (including phenoxy) is 1. The predicted molar refractivity (Wildman–Crippen MR) is 104 cm³/mol. The first-order valence-corrected chi connectivity index (χ1v) is 9.29. The van der Waals surface area contributed by atoms with Crippen LogP contribution in [0, 0.1) is 18.6 Å². The first-order valence-electron chi connectivity index (χ1n) is 9.29. The van der Waals surface area contributed by atoms with Gasteiger partial charge >= 0.3 is 0 Å². The minimum Gasteiger partial charge on any atom is -0.490 e. The Morgan fingerprint density at radius 2 is 1.89 bits per heavy atom. The molecule has 1 aliphatic rings. The summed E-state index contributed by atoms with van der Waals surface area (Å²) in [6.45, 7) is 3.97. The molecule has 0 bridgehead atoms. The lowest BCUT2D eigenvalue weighted by molar-refractivity contribution is 0.278. The number of hydrogen-bond acceptors (Lipinski definition) is 3. The van der Waals surface area contributed by atoms with E-state index in [2.05, 4.69) is 4.98 Å². The average molecular weight is 381 g/mol. The zero-order valence-electron chi connectivity index (χ0n) is 15.7. The van der Waals surface area contributed by atoms with Crippen molar-refractivity contribution >= 4 is 0 Å². The Labute approximate surface area is 162 Å². The van der Waals surface area contributed by atoms with Crippen LogP contribution in [0.5, 0.6) is 5.75 Å². The van der Waals surface area contributed by atoms with Crippen LogP contribution in [-0.4, -0.2) is 23.3 Å². The number of hydrogen-bond donors (Lipinski definition) is 1.